The molecule has 27 heavy (non-hydrogen) atoms. The Labute approximate surface area is 162 Å². The van der Waals surface area contributed by atoms with Crippen LogP contribution in [-0.2, 0) is 9.53 Å². The second-order valence-corrected chi connectivity index (χ2v) is 7.74. The Hall–Kier alpha value is -2.24. The minimum atomic E-state index is -0.565. The van der Waals surface area contributed by atoms with Gasteiger partial charge in [0.1, 0.15) is 5.75 Å². The number of rotatable bonds is 6. The highest BCUT2D eigenvalue weighted by Gasteiger charge is 2.28. The number of hydrogen-bond acceptors (Lipinski definition) is 4. The summed E-state index contributed by atoms with van der Waals surface area (Å²) in [5.74, 6) is 1.33. The van der Waals surface area contributed by atoms with E-state index < -0.39 is 6.10 Å². The van der Waals surface area contributed by atoms with Crippen molar-refractivity contribution in [3.05, 3.63) is 29.8 Å². The number of benzene rings is 1. The summed E-state index contributed by atoms with van der Waals surface area (Å²) in [4.78, 5) is 28.2. The standard InChI is InChI=1S/C21H32N2O4/c1-15(2)14-26-21(25)23-12-10-22(11-13-23)20(24)17(5)27-19-9-7-6-8-18(19)16(3)4/h6-9,15-17H,10-14H2,1-5H3. The Bertz CT molecular complexity index is 637. The largest absolute Gasteiger partial charge is 0.481 e. The molecule has 1 saturated heterocycles. The molecule has 2 rings (SSSR count). The second kappa shape index (κ2) is 9.62. The van der Waals surface area contributed by atoms with Crippen molar-refractivity contribution >= 4 is 12.0 Å². The van der Waals surface area contributed by atoms with Gasteiger partial charge in [-0.1, -0.05) is 45.9 Å². The molecule has 1 atom stereocenters. The SMILES string of the molecule is CC(C)COC(=O)N1CCN(C(=O)C(C)Oc2ccccc2C(C)C)CC1. The fraction of sp³-hybridized carbons (Fsp3) is 0.619. The predicted octanol–water partition coefficient (Wildman–Crippen LogP) is 3.51. The second-order valence-electron chi connectivity index (χ2n) is 7.74. The zero-order valence-corrected chi connectivity index (χ0v) is 17.1. The van der Waals surface area contributed by atoms with Gasteiger partial charge in [0, 0.05) is 26.2 Å². The van der Waals surface area contributed by atoms with Crippen molar-refractivity contribution in [3.63, 3.8) is 0 Å². The first kappa shape index (κ1) is 21.1. The molecule has 1 aromatic rings. The van der Waals surface area contributed by atoms with E-state index in [0.29, 0.717) is 44.6 Å². The molecule has 6 nitrogen and oxygen atoms in total. The minimum Gasteiger partial charge on any atom is -0.481 e. The van der Waals surface area contributed by atoms with Crippen molar-refractivity contribution in [2.45, 2.75) is 46.6 Å². The molecule has 150 valence electrons. The molecule has 0 aromatic heterocycles. The van der Waals surface area contributed by atoms with Crippen molar-refractivity contribution in [1.82, 2.24) is 9.80 Å². The summed E-state index contributed by atoms with van der Waals surface area (Å²) < 4.78 is 11.2. The monoisotopic (exact) mass is 376 g/mol. The number of carbonyl (C=O) groups is 2. The lowest BCUT2D eigenvalue weighted by Crippen LogP contribution is -2.53. The Morgan fingerprint density at radius 2 is 1.56 bits per heavy atom. The number of hydrogen-bond donors (Lipinski definition) is 0. The van der Waals surface area contributed by atoms with E-state index in [9.17, 15) is 9.59 Å². The van der Waals surface area contributed by atoms with E-state index >= 15 is 0 Å². The highest BCUT2D eigenvalue weighted by molar-refractivity contribution is 5.81. The van der Waals surface area contributed by atoms with Gasteiger partial charge in [-0.3, -0.25) is 4.79 Å². The van der Waals surface area contributed by atoms with Gasteiger partial charge in [0.15, 0.2) is 6.10 Å². The summed E-state index contributed by atoms with van der Waals surface area (Å²) >= 11 is 0. The number of ether oxygens (including phenoxy) is 2. The first-order chi connectivity index (χ1) is 12.8. The van der Waals surface area contributed by atoms with Crippen LogP contribution in [0.3, 0.4) is 0 Å². The van der Waals surface area contributed by atoms with Crippen LogP contribution in [0.15, 0.2) is 24.3 Å². The summed E-state index contributed by atoms with van der Waals surface area (Å²) in [5, 5.41) is 0. The van der Waals surface area contributed by atoms with Crippen LogP contribution in [0.4, 0.5) is 4.79 Å². The number of piperazine rings is 1. The van der Waals surface area contributed by atoms with Crippen molar-refractivity contribution in [2.24, 2.45) is 5.92 Å². The molecule has 2 amide bonds. The molecule has 1 aliphatic rings. The third-order valence-electron chi connectivity index (χ3n) is 4.58. The van der Waals surface area contributed by atoms with Crippen LogP contribution in [0.1, 0.15) is 46.1 Å². The van der Waals surface area contributed by atoms with E-state index in [-0.39, 0.29) is 12.0 Å². The zero-order valence-electron chi connectivity index (χ0n) is 17.1. The van der Waals surface area contributed by atoms with Crippen LogP contribution < -0.4 is 4.74 Å². The molecule has 1 heterocycles. The normalized spacial score (nSPS) is 15.8. The lowest BCUT2D eigenvalue weighted by Gasteiger charge is -2.35. The molecule has 1 aromatic carbocycles. The molecule has 0 bridgehead atoms. The molecule has 0 N–H and O–H groups in total. The van der Waals surface area contributed by atoms with Gasteiger partial charge in [-0.25, -0.2) is 4.79 Å². The number of amides is 2. The van der Waals surface area contributed by atoms with Gasteiger partial charge in [-0.2, -0.15) is 0 Å². The molecule has 0 saturated carbocycles. The molecular formula is C21H32N2O4. The highest BCUT2D eigenvalue weighted by Crippen LogP contribution is 2.27. The molecule has 0 aliphatic carbocycles. The van der Waals surface area contributed by atoms with Crippen molar-refractivity contribution < 1.29 is 19.1 Å². The molecule has 1 unspecified atom stereocenters. The van der Waals surface area contributed by atoms with Crippen LogP contribution in [-0.4, -0.2) is 60.7 Å². The fourth-order valence-corrected chi connectivity index (χ4v) is 3.00. The number of para-hydroxylation sites is 1. The Morgan fingerprint density at radius 1 is 0.963 bits per heavy atom. The zero-order chi connectivity index (χ0) is 20.0. The van der Waals surface area contributed by atoms with E-state index in [0.717, 1.165) is 11.3 Å². The van der Waals surface area contributed by atoms with E-state index in [1.807, 2.05) is 38.1 Å². The third kappa shape index (κ3) is 5.88. The Morgan fingerprint density at radius 3 is 2.15 bits per heavy atom. The van der Waals surface area contributed by atoms with Gasteiger partial charge >= 0.3 is 6.09 Å². The molecule has 1 fully saturated rings. The third-order valence-corrected chi connectivity index (χ3v) is 4.58. The smallest absolute Gasteiger partial charge is 0.409 e. The van der Waals surface area contributed by atoms with Crippen LogP contribution in [0.2, 0.25) is 0 Å². The average molecular weight is 376 g/mol. The van der Waals surface area contributed by atoms with Gasteiger partial charge in [-0.05, 0) is 30.4 Å². The summed E-state index contributed by atoms with van der Waals surface area (Å²) in [5.41, 5.74) is 1.09. The van der Waals surface area contributed by atoms with Crippen LogP contribution in [0, 0.1) is 5.92 Å². The van der Waals surface area contributed by atoms with E-state index in [2.05, 4.69) is 13.8 Å². The number of carbonyl (C=O) groups excluding carboxylic acids is 2. The first-order valence-corrected chi connectivity index (χ1v) is 9.75. The van der Waals surface area contributed by atoms with Gasteiger partial charge in [-0.15, -0.1) is 0 Å². The first-order valence-electron chi connectivity index (χ1n) is 9.75. The maximum atomic E-state index is 12.7. The van der Waals surface area contributed by atoms with Crippen molar-refractivity contribution in [3.8, 4) is 5.75 Å². The Balaban J connectivity index is 1.87. The van der Waals surface area contributed by atoms with Gasteiger partial charge < -0.3 is 19.3 Å². The lowest BCUT2D eigenvalue weighted by molar-refractivity contribution is -0.139. The quantitative estimate of drug-likeness (QED) is 0.762. The predicted molar refractivity (Wildman–Crippen MR) is 105 cm³/mol. The topological polar surface area (TPSA) is 59.1 Å². The van der Waals surface area contributed by atoms with Crippen molar-refractivity contribution in [2.75, 3.05) is 32.8 Å². The highest BCUT2D eigenvalue weighted by atomic mass is 16.6. The van der Waals surface area contributed by atoms with E-state index in [1.165, 1.54) is 0 Å². The molecule has 0 spiro atoms. The van der Waals surface area contributed by atoms with Crippen LogP contribution in [0.5, 0.6) is 5.75 Å². The van der Waals surface area contributed by atoms with E-state index in [1.54, 1.807) is 16.7 Å². The molecule has 6 heteroatoms. The molecular weight excluding hydrogens is 344 g/mol. The van der Waals surface area contributed by atoms with Crippen molar-refractivity contribution in [1.29, 1.82) is 0 Å². The molecule has 0 radical (unpaired) electrons. The summed E-state index contributed by atoms with van der Waals surface area (Å²) in [7, 11) is 0. The lowest BCUT2D eigenvalue weighted by atomic mass is 10.0. The number of nitrogens with zero attached hydrogens (tertiary/aromatic N) is 2. The summed E-state index contributed by atoms with van der Waals surface area (Å²) in [6.45, 7) is 12.4. The molecule has 1 aliphatic heterocycles. The minimum absolute atomic E-state index is 0.0521. The summed E-state index contributed by atoms with van der Waals surface area (Å²) in [6.07, 6.45) is -0.865. The van der Waals surface area contributed by atoms with Crippen LogP contribution >= 0.6 is 0 Å². The van der Waals surface area contributed by atoms with E-state index in [4.69, 9.17) is 9.47 Å². The Kier molecular flexibility index (Phi) is 7.51. The summed E-state index contributed by atoms with van der Waals surface area (Å²) in [6, 6.07) is 7.83. The maximum absolute atomic E-state index is 12.7. The maximum Gasteiger partial charge on any atom is 0.409 e. The fourth-order valence-electron chi connectivity index (χ4n) is 3.00. The van der Waals surface area contributed by atoms with Gasteiger partial charge in [0.2, 0.25) is 0 Å². The van der Waals surface area contributed by atoms with Gasteiger partial charge in [0.05, 0.1) is 6.61 Å². The van der Waals surface area contributed by atoms with Crippen LogP contribution in [0.25, 0.3) is 0 Å². The van der Waals surface area contributed by atoms with Gasteiger partial charge in [0.25, 0.3) is 5.91 Å². The average Bonchev–Trinajstić information content (AvgIpc) is 2.65.